The quantitative estimate of drug-likeness (QED) is 0.485. The summed E-state index contributed by atoms with van der Waals surface area (Å²) in [6.45, 7) is 13.6. The van der Waals surface area contributed by atoms with Crippen molar-refractivity contribution in [2.24, 2.45) is 11.8 Å². The molecule has 0 aromatic rings. The molecule has 0 aliphatic rings. The Labute approximate surface area is 92.5 Å². The van der Waals surface area contributed by atoms with E-state index in [1.807, 2.05) is 0 Å². The predicted octanol–water partition coefficient (Wildman–Crippen LogP) is 5.67. The molecule has 0 atom stereocenters. The van der Waals surface area contributed by atoms with Crippen LogP contribution in [0.3, 0.4) is 0 Å². The smallest absolute Gasteiger partial charge is 0.0471 e. The molecule has 88 valence electrons. The van der Waals surface area contributed by atoms with Gasteiger partial charge in [0.2, 0.25) is 0 Å². The van der Waals surface area contributed by atoms with Crippen LogP contribution in [0.25, 0.3) is 0 Å². The molecule has 0 aromatic heterocycles. The molecule has 14 heavy (non-hydrogen) atoms. The number of hydrogen-bond donors (Lipinski definition) is 0. The SMILES string of the molecule is CC(C)CCC(C)C.CCCCCC. The van der Waals surface area contributed by atoms with Crippen LogP contribution in [0.4, 0.5) is 0 Å². The lowest BCUT2D eigenvalue weighted by Gasteiger charge is -2.05. The average Bonchev–Trinajstić information content (AvgIpc) is 2.12. The standard InChI is InChI=1S/C8H18.C6H14/c1-7(2)5-6-8(3)4;1-3-5-6-4-2/h7-8H,5-6H2,1-4H3;3-6H2,1-2H3. The Morgan fingerprint density at radius 2 is 0.929 bits per heavy atom. The fraction of sp³-hybridized carbons (Fsp3) is 1.00. The molecular formula is C14H32. The number of rotatable bonds is 6. The summed E-state index contributed by atoms with van der Waals surface area (Å²) in [4.78, 5) is 0. The molecule has 0 rings (SSSR count). The first-order valence-electron chi connectivity index (χ1n) is 6.54. The highest BCUT2D eigenvalue weighted by Crippen LogP contribution is 2.09. The molecule has 0 unspecified atom stereocenters. The van der Waals surface area contributed by atoms with Gasteiger partial charge in [0.1, 0.15) is 0 Å². The van der Waals surface area contributed by atoms with E-state index in [-0.39, 0.29) is 0 Å². The second-order valence-corrected chi connectivity index (χ2v) is 5.07. The Hall–Kier alpha value is 0. The van der Waals surface area contributed by atoms with Crippen LogP contribution in [0.5, 0.6) is 0 Å². The van der Waals surface area contributed by atoms with Crippen molar-refractivity contribution in [3.8, 4) is 0 Å². The zero-order valence-corrected chi connectivity index (χ0v) is 11.4. The summed E-state index contributed by atoms with van der Waals surface area (Å²) in [6.07, 6.45) is 8.31. The second-order valence-electron chi connectivity index (χ2n) is 5.07. The van der Waals surface area contributed by atoms with E-state index in [0.29, 0.717) is 0 Å². The first kappa shape index (κ1) is 16.4. The van der Waals surface area contributed by atoms with Gasteiger partial charge in [0.25, 0.3) is 0 Å². The van der Waals surface area contributed by atoms with Gasteiger partial charge in [-0.3, -0.25) is 0 Å². The monoisotopic (exact) mass is 200 g/mol. The molecule has 0 heterocycles. The summed E-state index contributed by atoms with van der Waals surface area (Å²) in [5.74, 6) is 1.77. The molecule has 0 aliphatic heterocycles. The van der Waals surface area contributed by atoms with E-state index in [0.717, 1.165) is 11.8 Å². The van der Waals surface area contributed by atoms with Gasteiger partial charge in [0.05, 0.1) is 0 Å². The maximum absolute atomic E-state index is 2.28. The Morgan fingerprint density at radius 3 is 1.07 bits per heavy atom. The molecule has 0 spiro atoms. The van der Waals surface area contributed by atoms with Crippen molar-refractivity contribution in [1.82, 2.24) is 0 Å². The van der Waals surface area contributed by atoms with E-state index < -0.39 is 0 Å². The topological polar surface area (TPSA) is 0 Å². The molecule has 0 nitrogen and oxygen atoms in total. The van der Waals surface area contributed by atoms with Crippen LogP contribution in [-0.4, -0.2) is 0 Å². The second kappa shape index (κ2) is 13.0. The van der Waals surface area contributed by atoms with Crippen molar-refractivity contribution in [2.75, 3.05) is 0 Å². The first-order chi connectivity index (χ1) is 6.54. The highest BCUT2D eigenvalue weighted by atomic mass is 14.0. The van der Waals surface area contributed by atoms with E-state index in [4.69, 9.17) is 0 Å². The van der Waals surface area contributed by atoms with Gasteiger partial charge in [-0.2, -0.15) is 0 Å². The fourth-order valence-corrected chi connectivity index (χ4v) is 1.17. The minimum atomic E-state index is 0.886. The van der Waals surface area contributed by atoms with Crippen LogP contribution in [0.2, 0.25) is 0 Å². The van der Waals surface area contributed by atoms with E-state index in [9.17, 15) is 0 Å². The van der Waals surface area contributed by atoms with E-state index >= 15 is 0 Å². The van der Waals surface area contributed by atoms with Crippen molar-refractivity contribution in [2.45, 2.75) is 80.1 Å². The van der Waals surface area contributed by atoms with Gasteiger partial charge in [-0.15, -0.1) is 0 Å². The van der Waals surface area contributed by atoms with Crippen molar-refractivity contribution in [3.63, 3.8) is 0 Å². The Morgan fingerprint density at radius 1 is 0.643 bits per heavy atom. The Kier molecular flexibility index (Phi) is 15.3. The molecule has 0 bridgehead atoms. The van der Waals surface area contributed by atoms with Crippen LogP contribution in [0, 0.1) is 11.8 Å². The summed E-state index contributed by atoms with van der Waals surface area (Å²) in [5, 5.41) is 0. The van der Waals surface area contributed by atoms with Gasteiger partial charge in [-0.1, -0.05) is 80.1 Å². The van der Waals surface area contributed by atoms with Gasteiger partial charge in [-0.25, -0.2) is 0 Å². The van der Waals surface area contributed by atoms with Crippen LogP contribution in [0.15, 0.2) is 0 Å². The lowest BCUT2D eigenvalue weighted by molar-refractivity contribution is 0.476. The lowest BCUT2D eigenvalue weighted by atomic mass is 10.0. The van der Waals surface area contributed by atoms with Crippen LogP contribution in [0.1, 0.15) is 80.1 Å². The summed E-state index contributed by atoms with van der Waals surface area (Å²) in [7, 11) is 0. The number of hydrogen-bond acceptors (Lipinski definition) is 0. The average molecular weight is 200 g/mol. The molecule has 0 amide bonds. The third kappa shape index (κ3) is 22.7. The molecule has 0 saturated heterocycles. The molecule has 0 N–H and O–H groups in total. The lowest BCUT2D eigenvalue weighted by Crippen LogP contribution is -1.91. The molecule has 0 fully saturated rings. The largest absolute Gasteiger partial charge is 0.0654 e. The summed E-state index contributed by atoms with van der Waals surface area (Å²) >= 11 is 0. The Balaban J connectivity index is 0. The molecule has 0 aromatic carbocycles. The van der Waals surface area contributed by atoms with Gasteiger partial charge in [0, 0.05) is 0 Å². The molecule has 0 aliphatic carbocycles. The van der Waals surface area contributed by atoms with Gasteiger partial charge < -0.3 is 0 Å². The molecule has 0 heteroatoms. The van der Waals surface area contributed by atoms with Crippen molar-refractivity contribution in [3.05, 3.63) is 0 Å². The normalized spacial score (nSPS) is 10.3. The maximum Gasteiger partial charge on any atom is -0.0471 e. The molecule has 0 saturated carbocycles. The highest BCUT2D eigenvalue weighted by molar-refractivity contribution is 4.48. The van der Waals surface area contributed by atoms with Gasteiger partial charge in [-0.05, 0) is 11.8 Å². The van der Waals surface area contributed by atoms with Crippen LogP contribution >= 0.6 is 0 Å². The van der Waals surface area contributed by atoms with Gasteiger partial charge >= 0.3 is 0 Å². The summed E-state index contributed by atoms with van der Waals surface area (Å²) in [6, 6.07) is 0. The zero-order chi connectivity index (χ0) is 11.4. The fourth-order valence-electron chi connectivity index (χ4n) is 1.17. The zero-order valence-electron chi connectivity index (χ0n) is 11.4. The van der Waals surface area contributed by atoms with E-state index in [1.165, 1.54) is 38.5 Å². The molecule has 0 radical (unpaired) electrons. The predicted molar refractivity (Wildman–Crippen MR) is 68.7 cm³/mol. The summed E-state index contributed by atoms with van der Waals surface area (Å²) in [5.41, 5.74) is 0. The Bertz CT molecular complexity index is 70.0. The third-order valence-corrected chi connectivity index (χ3v) is 2.28. The molecular weight excluding hydrogens is 168 g/mol. The first-order valence-corrected chi connectivity index (χ1v) is 6.54. The van der Waals surface area contributed by atoms with Crippen molar-refractivity contribution >= 4 is 0 Å². The highest BCUT2D eigenvalue weighted by Gasteiger charge is 1.95. The van der Waals surface area contributed by atoms with Crippen LogP contribution in [-0.2, 0) is 0 Å². The summed E-state index contributed by atoms with van der Waals surface area (Å²) < 4.78 is 0. The van der Waals surface area contributed by atoms with E-state index in [1.54, 1.807) is 0 Å². The van der Waals surface area contributed by atoms with Crippen LogP contribution < -0.4 is 0 Å². The van der Waals surface area contributed by atoms with Crippen molar-refractivity contribution in [1.29, 1.82) is 0 Å². The maximum atomic E-state index is 2.28. The van der Waals surface area contributed by atoms with Crippen molar-refractivity contribution < 1.29 is 0 Å². The van der Waals surface area contributed by atoms with E-state index in [2.05, 4.69) is 41.5 Å². The van der Waals surface area contributed by atoms with Gasteiger partial charge in [0.15, 0.2) is 0 Å². The third-order valence-electron chi connectivity index (χ3n) is 2.28. The minimum absolute atomic E-state index is 0.886. The number of unbranched alkanes of at least 4 members (excludes halogenated alkanes) is 3. The minimum Gasteiger partial charge on any atom is -0.0654 e.